The molecule has 1 nitrogen and oxygen atoms in total. The summed E-state index contributed by atoms with van der Waals surface area (Å²) < 4.78 is 0. The van der Waals surface area contributed by atoms with Crippen LogP contribution >= 0.6 is 0 Å². The van der Waals surface area contributed by atoms with Crippen molar-refractivity contribution in [1.29, 1.82) is 0 Å². The van der Waals surface area contributed by atoms with Crippen molar-refractivity contribution in [2.45, 2.75) is 53.0 Å². The summed E-state index contributed by atoms with van der Waals surface area (Å²) in [7, 11) is 0. The van der Waals surface area contributed by atoms with Crippen LogP contribution in [0, 0.1) is 5.92 Å². The highest BCUT2D eigenvalue weighted by atomic mass is 14.9. The van der Waals surface area contributed by atoms with Crippen LogP contribution in [0.5, 0.6) is 0 Å². The minimum Gasteiger partial charge on any atom is -0.310 e. The van der Waals surface area contributed by atoms with Crippen LogP contribution in [0.25, 0.3) is 0 Å². The Hall–Kier alpha value is -0.820. The molecule has 1 aromatic rings. The van der Waals surface area contributed by atoms with Crippen LogP contribution in [0.4, 0.5) is 0 Å². The highest BCUT2D eigenvalue weighted by Gasteiger charge is 2.04. The van der Waals surface area contributed by atoms with Crippen molar-refractivity contribution in [2.75, 3.05) is 6.54 Å². The summed E-state index contributed by atoms with van der Waals surface area (Å²) in [5, 5.41) is 3.59. The minimum absolute atomic E-state index is 0.466. The molecule has 0 saturated heterocycles. The minimum atomic E-state index is 0.466. The number of hydrogen-bond acceptors (Lipinski definition) is 1. The first-order valence-electron chi connectivity index (χ1n) is 6.95. The predicted molar refractivity (Wildman–Crippen MR) is 76.3 cm³/mol. The van der Waals surface area contributed by atoms with E-state index in [0.29, 0.717) is 6.04 Å². The van der Waals surface area contributed by atoms with E-state index in [0.717, 1.165) is 18.9 Å². The first-order chi connectivity index (χ1) is 8.13. The SMILES string of the molecule is CCc1ccc(C(C)NCCCC(C)C)cc1. The zero-order chi connectivity index (χ0) is 12.7. The summed E-state index contributed by atoms with van der Waals surface area (Å²) in [6.07, 6.45) is 3.71. The molecule has 0 spiro atoms. The van der Waals surface area contributed by atoms with E-state index in [1.165, 1.54) is 24.0 Å². The van der Waals surface area contributed by atoms with Crippen LogP contribution in [0.15, 0.2) is 24.3 Å². The topological polar surface area (TPSA) is 12.0 Å². The number of hydrogen-bond donors (Lipinski definition) is 1. The molecule has 1 aromatic carbocycles. The zero-order valence-corrected chi connectivity index (χ0v) is 11.8. The van der Waals surface area contributed by atoms with Crippen LogP contribution in [-0.2, 0) is 6.42 Å². The molecule has 0 saturated carbocycles. The van der Waals surface area contributed by atoms with Crippen molar-refractivity contribution in [3.05, 3.63) is 35.4 Å². The first kappa shape index (κ1) is 14.2. The van der Waals surface area contributed by atoms with Gasteiger partial charge in [0.05, 0.1) is 0 Å². The van der Waals surface area contributed by atoms with Gasteiger partial charge in [0, 0.05) is 6.04 Å². The van der Waals surface area contributed by atoms with Gasteiger partial charge in [-0.25, -0.2) is 0 Å². The molecular formula is C16H27N. The Balaban J connectivity index is 2.33. The molecule has 1 unspecified atom stereocenters. The monoisotopic (exact) mass is 233 g/mol. The smallest absolute Gasteiger partial charge is 0.0291 e. The van der Waals surface area contributed by atoms with E-state index in [-0.39, 0.29) is 0 Å². The van der Waals surface area contributed by atoms with Crippen molar-refractivity contribution in [1.82, 2.24) is 5.32 Å². The van der Waals surface area contributed by atoms with Gasteiger partial charge in [-0.2, -0.15) is 0 Å². The molecule has 0 aromatic heterocycles. The van der Waals surface area contributed by atoms with Gasteiger partial charge in [0.25, 0.3) is 0 Å². The summed E-state index contributed by atoms with van der Waals surface area (Å²) >= 11 is 0. The van der Waals surface area contributed by atoms with Crippen molar-refractivity contribution in [3.63, 3.8) is 0 Å². The lowest BCUT2D eigenvalue weighted by Gasteiger charge is -2.15. The fourth-order valence-electron chi connectivity index (χ4n) is 1.99. The maximum atomic E-state index is 3.59. The Labute approximate surface area is 107 Å². The molecule has 0 bridgehead atoms. The Kier molecular flexibility index (Phi) is 6.28. The zero-order valence-electron chi connectivity index (χ0n) is 11.8. The lowest BCUT2D eigenvalue weighted by Crippen LogP contribution is -2.20. The lowest BCUT2D eigenvalue weighted by atomic mass is 10.0. The molecule has 0 fully saturated rings. The van der Waals surface area contributed by atoms with Crippen LogP contribution in [0.2, 0.25) is 0 Å². The van der Waals surface area contributed by atoms with Gasteiger partial charge in [-0.05, 0) is 49.8 Å². The van der Waals surface area contributed by atoms with Gasteiger partial charge < -0.3 is 5.32 Å². The average molecular weight is 233 g/mol. The molecule has 0 radical (unpaired) electrons. The van der Waals surface area contributed by atoms with Crippen LogP contribution < -0.4 is 5.32 Å². The van der Waals surface area contributed by atoms with Crippen LogP contribution in [-0.4, -0.2) is 6.54 Å². The molecule has 1 rings (SSSR count). The van der Waals surface area contributed by atoms with Gasteiger partial charge in [0.2, 0.25) is 0 Å². The standard InChI is InChI=1S/C16H27N/c1-5-15-8-10-16(11-9-15)14(4)17-12-6-7-13(2)3/h8-11,13-14,17H,5-7,12H2,1-4H3. The number of nitrogens with one attached hydrogen (secondary N) is 1. The van der Waals surface area contributed by atoms with E-state index in [1.54, 1.807) is 0 Å². The third kappa shape index (κ3) is 5.36. The number of aryl methyl sites for hydroxylation is 1. The third-order valence-corrected chi connectivity index (χ3v) is 3.30. The highest BCUT2D eigenvalue weighted by molar-refractivity contribution is 5.24. The molecule has 17 heavy (non-hydrogen) atoms. The van der Waals surface area contributed by atoms with E-state index in [4.69, 9.17) is 0 Å². The fourth-order valence-corrected chi connectivity index (χ4v) is 1.99. The van der Waals surface area contributed by atoms with Gasteiger partial charge >= 0.3 is 0 Å². The van der Waals surface area contributed by atoms with Crippen molar-refractivity contribution >= 4 is 0 Å². The van der Waals surface area contributed by atoms with Crippen molar-refractivity contribution in [2.24, 2.45) is 5.92 Å². The van der Waals surface area contributed by atoms with Gasteiger partial charge in [0.15, 0.2) is 0 Å². The fraction of sp³-hybridized carbons (Fsp3) is 0.625. The second kappa shape index (κ2) is 7.50. The Morgan fingerprint density at radius 1 is 1.06 bits per heavy atom. The van der Waals surface area contributed by atoms with Gasteiger partial charge in [-0.1, -0.05) is 45.0 Å². The average Bonchev–Trinajstić information content (AvgIpc) is 2.34. The van der Waals surface area contributed by atoms with Crippen molar-refractivity contribution < 1.29 is 0 Å². The van der Waals surface area contributed by atoms with Crippen LogP contribution in [0.1, 0.15) is 57.7 Å². The Morgan fingerprint density at radius 2 is 1.71 bits per heavy atom. The maximum absolute atomic E-state index is 3.59. The molecule has 0 aliphatic rings. The molecule has 96 valence electrons. The predicted octanol–water partition coefficient (Wildman–Crippen LogP) is 4.34. The number of benzene rings is 1. The van der Waals surface area contributed by atoms with Gasteiger partial charge in [-0.3, -0.25) is 0 Å². The van der Waals surface area contributed by atoms with E-state index < -0.39 is 0 Å². The van der Waals surface area contributed by atoms with E-state index >= 15 is 0 Å². The molecular weight excluding hydrogens is 206 g/mol. The largest absolute Gasteiger partial charge is 0.310 e. The second-order valence-corrected chi connectivity index (χ2v) is 5.31. The maximum Gasteiger partial charge on any atom is 0.0291 e. The quantitative estimate of drug-likeness (QED) is 0.691. The second-order valence-electron chi connectivity index (χ2n) is 5.31. The first-order valence-corrected chi connectivity index (χ1v) is 6.95. The number of rotatable bonds is 7. The third-order valence-electron chi connectivity index (χ3n) is 3.30. The lowest BCUT2D eigenvalue weighted by molar-refractivity contribution is 0.497. The molecule has 1 N–H and O–H groups in total. The molecule has 1 atom stereocenters. The Morgan fingerprint density at radius 3 is 2.24 bits per heavy atom. The van der Waals surface area contributed by atoms with Crippen LogP contribution in [0.3, 0.4) is 0 Å². The van der Waals surface area contributed by atoms with E-state index in [1.807, 2.05) is 0 Å². The summed E-state index contributed by atoms with van der Waals surface area (Å²) in [4.78, 5) is 0. The molecule has 1 heteroatoms. The summed E-state index contributed by atoms with van der Waals surface area (Å²) in [5.41, 5.74) is 2.81. The normalized spacial score (nSPS) is 13.0. The van der Waals surface area contributed by atoms with E-state index in [9.17, 15) is 0 Å². The summed E-state index contributed by atoms with van der Waals surface area (Å²) in [6.45, 7) is 10.1. The molecule has 0 aliphatic carbocycles. The molecule has 0 heterocycles. The molecule has 0 aliphatic heterocycles. The summed E-state index contributed by atoms with van der Waals surface area (Å²) in [5.74, 6) is 0.816. The highest BCUT2D eigenvalue weighted by Crippen LogP contribution is 2.14. The molecule has 0 amide bonds. The van der Waals surface area contributed by atoms with Gasteiger partial charge in [-0.15, -0.1) is 0 Å². The van der Waals surface area contributed by atoms with E-state index in [2.05, 4.69) is 57.3 Å². The summed E-state index contributed by atoms with van der Waals surface area (Å²) in [6, 6.07) is 9.44. The van der Waals surface area contributed by atoms with Crippen molar-refractivity contribution in [3.8, 4) is 0 Å². The Bertz CT molecular complexity index is 300. The van der Waals surface area contributed by atoms with Gasteiger partial charge in [0.1, 0.15) is 0 Å².